The molecule has 1 heterocycles. The fraction of sp³-hybridized carbons (Fsp3) is 0.154. The normalized spacial score (nSPS) is 11.4. The summed E-state index contributed by atoms with van der Waals surface area (Å²) in [4.78, 5) is 13.7. The minimum absolute atomic E-state index is 0.0301. The van der Waals surface area contributed by atoms with E-state index >= 15 is 0 Å². The van der Waals surface area contributed by atoms with Gasteiger partial charge in [-0.05, 0) is 23.8 Å². The molecule has 0 radical (unpaired) electrons. The summed E-state index contributed by atoms with van der Waals surface area (Å²) >= 11 is 0. The molecule has 6 heteroatoms. The van der Waals surface area contributed by atoms with E-state index in [2.05, 4.69) is 4.98 Å². The third-order valence-electron chi connectivity index (χ3n) is 2.63. The summed E-state index contributed by atoms with van der Waals surface area (Å²) in [6.45, 7) is 0. The first kappa shape index (κ1) is 13.2. The van der Waals surface area contributed by atoms with Crippen molar-refractivity contribution in [1.82, 2.24) is 4.98 Å². The molecule has 19 heavy (non-hydrogen) atoms. The first-order valence-corrected chi connectivity index (χ1v) is 5.36. The molecule has 3 nitrogen and oxygen atoms in total. The Hall–Kier alpha value is -2.24. The van der Waals surface area contributed by atoms with Crippen LogP contribution in [0.1, 0.15) is 5.56 Å². The van der Waals surface area contributed by atoms with Crippen LogP contribution in [0.15, 0.2) is 41.3 Å². The predicted octanol–water partition coefficient (Wildman–Crippen LogP) is 3.07. The molecule has 0 fully saturated rings. The molecular weight excluding hydrogens is 259 g/mol. The van der Waals surface area contributed by atoms with Crippen LogP contribution in [0.4, 0.5) is 13.2 Å². The summed E-state index contributed by atoms with van der Waals surface area (Å²) in [7, 11) is 1.48. The lowest BCUT2D eigenvalue weighted by Crippen LogP contribution is -2.14. The summed E-state index contributed by atoms with van der Waals surface area (Å²) in [6, 6.07) is 7.05. The molecule has 1 aromatic heterocycles. The third kappa shape index (κ3) is 2.78. The van der Waals surface area contributed by atoms with Gasteiger partial charge in [0.05, 0.1) is 12.7 Å². The van der Waals surface area contributed by atoms with Crippen molar-refractivity contribution in [2.24, 2.45) is 0 Å². The van der Waals surface area contributed by atoms with Crippen molar-refractivity contribution in [3.8, 4) is 16.9 Å². The second-order valence-electron chi connectivity index (χ2n) is 3.86. The maximum absolute atomic E-state index is 12.6. The highest BCUT2D eigenvalue weighted by molar-refractivity contribution is 5.63. The minimum Gasteiger partial charge on any atom is -0.497 e. The molecule has 0 atom stereocenters. The Morgan fingerprint density at radius 3 is 2.32 bits per heavy atom. The number of benzene rings is 1. The van der Waals surface area contributed by atoms with Crippen LogP contribution in [0.2, 0.25) is 0 Å². The molecule has 1 aromatic carbocycles. The van der Waals surface area contributed by atoms with Crippen LogP contribution in [-0.4, -0.2) is 12.1 Å². The number of hydrogen-bond donors (Lipinski definition) is 1. The molecule has 0 aliphatic rings. The van der Waals surface area contributed by atoms with Gasteiger partial charge in [-0.25, -0.2) is 0 Å². The summed E-state index contributed by atoms with van der Waals surface area (Å²) in [6.07, 6.45) is -3.83. The van der Waals surface area contributed by atoms with Gasteiger partial charge in [0, 0.05) is 11.8 Å². The van der Waals surface area contributed by atoms with E-state index in [9.17, 15) is 18.0 Å². The molecule has 0 saturated heterocycles. The molecular formula is C13H10F3NO2. The van der Waals surface area contributed by atoms with Gasteiger partial charge in [-0.15, -0.1) is 0 Å². The van der Waals surface area contributed by atoms with Gasteiger partial charge in [-0.1, -0.05) is 12.1 Å². The summed E-state index contributed by atoms with van der Waals surface area (Å²) in [5.74, 6) is 0.562. The maximum Gasteiger partial charge on any atom is 0.417 e. The van der Waals surface area contributed by atoms with E-state index in [-0.39, 0.29) is 5.56 Å². The highest BCUT2D eigenvalue weighted by Gasteiger charge is 2.31. The maximum atomic E-state index is 12.6. The van der Waals surface area contributed by atoms with E-state index in [0.717, 1.165) is 6.07 Å². The molecule has 0 unspecified atom stereocenters. The molecule has 1 N–H and O–H groups in total. The second kappa shape index (κ2) is 4.79. The molecule has 2 rings (SSSR count). The lowest BCUT2D eigenvalue weighted by atomic mass is 10.1. The van der Waals surface area contributed by atoms with Crippen molar-refractivity contribution in [1.29, 1.82) is 0 Å². The number of H-pyrrole nitrogens is 1. The monoisotopic (exact) mass is 269 g/mol. The topological polar surface area (TPSA) is 42.1 Å². The summed E-state index contributed by atoms with van der Waals surface area (Å²) in [5, 5.41) is 0. The molecule has 0 saturated carbocycles. The quantitative estimate of drug-likeness (QED) is 0.910. The van der Waals surface area contributed by atoms with Crippen LogP contribution in [-0.2, 0) is 6.18 Å². The highest BCUT2D eigenvalue weighted by atomic mass is 19.4. The first-order valence-electron chi connectivity index (χ1n) is 5.36. The molecule has 2 aromatic rings. The van der Waals surface area contributed by atoms with Crippen LogP contribution in [0.5, 0.6) is 5.75 Å². The van der Waals surface area contributed by atoms with Crippen LogP contribution < -0.4 is 10.3 Å². The van der Waals surface area contributed by atoms with Crippen molar-refractivity contribution < 1.29 is 17.9 Å². The van der Waals surface area contributed by atoms with E-state index in [1.54, 1.807) is 12.1 Å². The predicted molar refractivity (Wildman–Crippen MR) is 64.1 cm³/mol. The van der Waals surface area contributed by atoms with Crippen molar-refractivity contribution in [2.45, 2.75) is 6.18 Å². The van der Waals surface area contributed by atoms with Crippen LogP contribution >= 0.6 is 0 Å². The number of ether oxygens (including phenoxy) is 1. The number of rotatable bonds is 2. The molecule has 0 aliphatic heterocycles. The fourth-order valence-electron chi connectivity index (χ4n) is 1.63. The van der Waals surface area contributed by atoms with Crippen molar-refractivity contribution in [2.75, 3.05) is 7.11 Å². The lowest BCUT2D eigenvalue weighted by Gasteiger charge is -2.08. The summed E-state index contributed by atoms with van der Waals surface area (Å²) in [5.41, 5.74) is -1.10. The number of aromatic amines is 1. The van der Waals surface area contributed by atoms with E-state index < -0.39 is 17.3 Å². The standard InChI is InChI=1S/C13H10F3NO2/c1-19-10-4-2-8(3-5-10)11-6-9(13(14,15)16)7-17-12(11)18/h2-7H,1H3,(H,17,18). The number of nitrogens with one attached hydrogen (secondary N) is 1. The Labute approximate surface area is 106 Å². The SMILES string of the molecule is COc1ccc(-c2cc(C(F)(F)F)c[nH]c2=O)cc1. The lowest BCUT2D eigenvalue weighted by molar-refractivity contribution is -0.137. The first-order chi connectivity index (χ1) is 8.91. The molecule has 0 aliphatic carbocycles. The van der Waals surface area contributed by atoms with E-state index in [1.807, 2.05) is 0 Å². The van der Waals surface area contributed by atoms with Crippen LogP contribution in [0, 0.1) is 0 Å². The van der Waals surface area contributed by atoms with Gasteiger partial charge in [0.25, 0.3) is 5.56 Å². The third-order valence-corrected chi connectivity index (χ3v) is 2.63. The Kier molecular flexibility index (Phi) is 3.33. The van der Waals surface area contributed by atoms with Gasteiger partial charge in [-0.2, -0.15) is 13.2 Å². The van der Waals surface area contributed by atoms with Gasteiger partial charge in [0.1, 0.15) is 5.75 Å². The van der Waals surface area contributed by atoms with Gasteiger partial charge in [0.2, 0.25) is 0 Å². The Bertz CT molecular complexity index is 630. The van der Waals surface area contributed by atoms with Gasteiger partial charge < -0.3 is 9.72 Å². The van der Waals surface area contributed by atoms with Crippen LogP contribution in [0.3, 0.4) is 0 Å². The Balaban J connectivity index is 2.51. The Morgan fingerprint density at radius 2 is 1.79 bits per heavy atom. The smallest absolute Gasteiger partial charge is 0.417 e. The minimum atomic E-state index is -4.49. The zero-order chi connectivity index (χ0) is 14.0. The summed E-state index contributed by atoms with van der Waals surface area (Å²) < 4.78 is 42.7. The number of hydrogen-bond acceptors (Lipinski definition) is 2. The number of pyridine rings is 1. The van der Waals surface area contributed by atoms with Crippen LogP contribution in [0.25, 0.3) is 11.1 Å². The molecule has 0 bridgehead atoms. The van der Waals surface area contributed by atoms with Gasteiger partial charge in [0.15, 0.2) is 0 Å². The number of aromatic nitrogens is 1. The van der Waals surface area contributed by atoms with E-state index in [1.165, 1.54) is 19.2 Å². The largest absolute Gasteiger partial charge is 0.497 e. The average Bonchev–Trinajstić information content (AvgIpc) is 2.38. The average molecular weight is 269 g/mol. The Morgan fingerprint density at radius 1 is 1.16 bits per heavy atom. The number of methoxy groups -OCH3 is 1. The van der Waals surface area contributed by atoms with Crippen molar-refractivity contribution in [3.63, 3.8) is 0 Å². The van der Waals surface area contributed by atoms with Crippen molar-refractivity contribution in [3.05, 3.63) is 52.4 Å². The highest BCUT2D eigenvalue weighted by Crippen LogP contribution is 2.30. The number of alkyl halides is 3. The van der Waals surface area contributed by atoms with E-state index in [0.29, 0.717) is 17.5 Å². The van der Waals surface area contributed by atoms with Gasteiger partial charge >= 0.3 is 6.18 Å². The zero-order valence-electron chi connectivity index (χ0n) is 9.91. The molecule has 0 spiro atoms. The molecule has 0 amide bonds. The molecule has 100 valence electrons. The van der Waals surface area contributed by atoms with E-state index in [4.69, 9.17) is 4.74 Å². The van der Waals surface area contributed by atoms with Gasteiger partial charge in [-0.3, -0.25) is 4.79 Å². The second-order valence-corrected chi connectivity index (χ2v) is 3.86. The zero-order valence-corrected chi connectivity index (χ0v) is 9.91. The fourth-order valence-corrected chi connectivity index (χ4v) is 1.63. The van der Waals surface area contributed by atoms with Crippen molar-refractivity contribution >= 4 is 0 Å². The number of halogens is 3.